The van der Waals surface area contributed by atoms with E-state index in [9.17, 15) is 4.79 Å². The summed E-state index contributed by atoms with van der Waals surface area (Å²) in [7, 11) is 0. The maximum Gasteiger partial charge on any atom is 0.251 e. The Hall–Kier alpha value is -2.50. The Morgan fingerprint density at radius 1 is 0.971 bits per heavy atom. The van der Waals surface area contributed by atoms with Gasteiger partial charge in [0.15, 0.2) is 0 Å². The van der Waals surface area contributed by atoms with Crippen LogP contribution >= 0.6 is 0 Å². The highest BCUT2D eigenvalue weighted by molar-refractivity contribution is 5.94. The third kappa shape index (κ3) is 4.82. The fourth-order valence-electron chi connectivity index (χ4n) is 7.33. The summed E-state index contributed by atoms with van der Waals surface area (Å²) >= 11 is 0. The molecular formula is C28H37N3O3. The maximum atomic E-state index is 13.0. The van der Waals surface area contributed by atoms with Gasteiger partial charge >= 0.3 is 0 Å². The average Bonchev–Trinajstić information content (AvgIpc) is 3.46. The summed E-state index contributed by atoms with van der Waals surface area (Å²) in [5.74, 6) is 4.86. The van der Waals surface area contributed by atoms with Gasteiger partial charge in [-0.25, -0.2) is 0 Å². The van der Waals surface area contributed by atoms with Crippen LogP contribution in [-0.2, 0) is 0 Å². The molecule has 5 atom stereocenters. The van der Waals surface area contributed by atoms with Gasteiger partial charge in [-0.2, -0.15) is 0 Å². The molecule has 3 bridgehead atoms. The maximum absolute atomic E-state index is 13.0. The van der Waals surface area contributed by atoms with E-state index >= 15 is 0 Å². The van der Waals surface area contributed by atoms with Crippen molar-refractivity contribution in [2.45, 2.75) is 76.4 Å². The predicted molar refractivity (Wildman–Crippen MR) is 129 cm³/mol. The summed E-state index contributed by atoms with van der Waals surface area (Å²) in [5.41, 5.74) is 0.746. The molecule has 1 aromatic heterocycles. The number of ether oxygens (including phenoxy) is 1. The minimum atomic E-state index is 0.0791. The normalized spacial score (nSPS) is 34.4. The van der Waals surface area contributed by atoms with Crippen molar-refractivity contribution in [2.75, 3.05) is 6.61 Å². The third-order valence-corrected chi connectivity index (χ3v) is 9.00. The largest absolute Gasteiger partial charge is 0.490 e. The summed E-state index contributed by atoms with van der Waals surface area (Å²) < 4.78 is 6.24. The molecule has 0 radical (unpaired) electrons. The van der Waals surface area contributed by atoms with Gasteiger partial charge in [0.2, 0.25) is 0 Å². The van der Waals surface area contributed by atoms with Gasteiger partial charge in [-0.05, 0) is 124 Å². The molecule has 6 nitrogen and oxygen atoms in total. The molecule has 1 heterocycles. The predicted octanol–water partition coefficient (Wildman–Crippen LogP) is 4.89. The Balaban J connectivity index is 0.975. The molecule has 4 fully saturated rings. The topological polar surface area (TPSA) is 65.4 Å². The zero-order valence-electron chi connectivity index (χ0n) is 20.0. The summed E-state index contributed by atoms with van der Waals surface area (Å²) in [6, 6.07) is 9.99. The van der Waals surface area contributed by atoms with Crippen molar-refractivity contribution in [3.05, 3.63) is 48.3 Å². The number of carbonyl (C=O) groups is 1. The highest BCUT2D eigenvalue weighted by Gasteiger charge is 2.46. The molecule has 0 aliphatic heterocycles. The van der Waals surface area contributed by atoms with Crippen LogP contribution in [0.15, 0.2) is 42.7 Å². The lowest BCUT2D eigenvalue weighted by Gasteiger charge is -2.28. The van der Waals surface area contributed by atoms with E-state index in [4.69, 9.17) is 9.57 Å². The van der Waals surface area contributed by atoms with Gasteiger partial charge in [-0.15, -0.1) is 9.94 Å². The molecule has 4 aliphatic rings. The van der Waals surface area contributed by atoms with Gasteiger partial charge in [0.1, 0.15) is 12.4 Å². The van der Waals surface area contributed by atoms with Crippen LogP contribution in [0, 0.1) is 29.6 Å². The number of aromatic nitrogens is 2. The lowest BCUT2D eigenvalue weighted by atomic mass is 9.80. The van der Waals surface area contributed by atoms with Crippen molar-refractivity contribution in [1.82, 2.24) is 15.3 Å². The fourth-order valence-corrected chi connectivity index (χ4v) is 7.33. The second-order valence-electron chi connectivity index (χ2n) is 11.2. The monoisotopic (exact) mass is 463 g/mol. The van der Waals surface area contributed by atoms with Crippen molar-refractivity contribution >= 4 is 5.91 Å². The number of benzene rings is 1. The third-order valence-electron chi connectivity index (χ3n) is 9.00. The molecule has 182 valence electrons. The van der Waals surface area contributed by atoms with E-state index in [0.29, 0.717) is 24.5 Å². The molecule has 4 aliphatic carbocycles. The number of carbonyl (C=O) groups excluding carboxylic acids is 1. The van der Waals surface area contributed by atoms with Gasteiger partial charge in [0, 0.05) is 11.6 Å². The lowest BCUT2D eigenvalue weighted by molar-refractivity contribution is 0.0318. The number of nitrogens with zero attached hydrogens (tertiary/aromatic N) is 2. The number of hydrogen-bond acceptors (Lipinski definition) is 4. The van der Waals surface area contributed by atoms with Gasteiger partial charge < -0.3 is 14.9 Å². The average molecular weight is 464 g/mol. The SMILES string of the molecule is O=C(NC1CCC2CC3CC(C2)C1C3)c1ccc(OC2CCC(COn3cccn3)CC2)cc1. The first kappa shape index (κ1) is 22.0. The Kier molecular flexibility index (Phi) is 6.23. The van der Waals surface area contributed by atoms with Crippen molar-refractivity contribution in [3.63, 3.8) is 0 Å². The molecule has 0 spiro atoms. The molecule has 4 saturated carbocycles. The highest BCUT2D eigenvalue weighted by atomic mass is 16.7. The van der Waals surface area contributed by atoms with Crippen LogP contribution in [-0.4, -0.2) is 34.6 Å². The van der Waals surface area contributed by atoms with Crippen LogP contribution in [0.5, 0.6) is 5.75 Å². The second kappa shape index (κ2) is 9.63. The highest BCUT2D eigenvalue weighted by Crippen LogP contribution is 2.53. The van der Waals surface area contributed by atoms with Gasteiger partial charge in [-0.1, -0.05) is 0 Å². The summed E-state index contributed by atoms with van der Waals surface area (Å²) in [6.45, 7) is 0.697. The summed E-state index contributed by atoms with van der Waals surface area (Å²) in [4.78, 5) is 20.2. The van der Waals surface area contributed by atoms with Gasteiger partial charge in [-0.3, -0.25) is 4.79 Å². The molecule has 1 amide bonds. The van der Waals surface area contributed by atoms with Crippen molar-refractivity contribution in [2.24, 2.45) is 29.6 Å². The Morgan fingerprint density at radius 3 is 2.59 bits per heavy atom. The van der Waals surface area contributed by atoms with E-state index < -0.39 is 0 Å². The van der Waals surface area contributed by atoms with E-state index in [2.05, 4.69) is 10.4 Å². The number of hydrogen-bond donors (Lipinski definition) is 1. The Bertz CT molecular complexity index is 952. The van der Waals surface area contributed by atoms with E-state index in [1.165, 1.54) is 36.9 Å². The lowest BCUT2D eigenvalue weighted by Crippen LogP contribution is -2.41. The molecule has 6 heteroatoms. The minimum Gasteiger partial charge on any atom is -0.490 e. The standard InChI is InChI=1S/C28H37N3O3/c32-28(30-27-11-4-20-14-21-16-23(15-20)26(27)17-21)22-5-9-25(10-6-22)34-24-7-2-19(3-8-24)18-33-31-13-1-12-29-31/h1,5-6,9-10,12-13,19-21,23-24,26-27H,2-4,7-8,11,14-18H2,(H,30,32). The zero-order chi connectivity index (χ0) is 22.9. The number of amides is 1. The Labute approximate surface area is 202 Å². The van der Waals surface area contributed by atoms with E-state index in [-0.39, 0.29) is 12.0 Å². The molecule has 6 rings (SSSR count). The van der Waals surface area contributed by atoms with Crippen molar-refractivity contribution < 1.29 is 14.4 Å². The second-order valence-corrected chi connectivity index (χ2v) is 11.2. The number of fused-ring (bicyclic) bond motifs is 2. The van der Waals surface area contributed by atoms with Crippen LogP contribution < -0.4 is 14.9 Å². The molecule has 2 aromatic rings. The van der Waals surface area contributed by atoms with Crippen LogP contribution in [0.4, 0.5) is 0 Å². The smallest absolute Gasteiger partial charge is 0.251 e. The van der Waals surface area contributed by atoms with E-state index in [1.54, 1.807) is 6.20 Å². The molecule has 5 unspecified atom stereocenters. The van der Waals surface area contributed by atoms with Crippen molar-refractivity contribution in [1.29, 1.82) is 0 Å². The van der Waals surface area contributed by atoms with Crippen molar-refractivity contribution in [3.8, 4) is 5.75 Å². The molecule has 1 aromatic carbocycles. The first-order valence-electron chi connectivity index (χ1n) is 13.4. The van der Waals surface area contributed by atoms with Crippen LogP contribution in [0.1, 0.15) is 74.6 Å². The van der Waals surface area contributed by atoms with Crippen LogP contribution in [0.25, 0.3) is 0 Å². The van der Waals surface area contributed by atoms with E-state index in [0.717, 1.165) is 61.2 Å². The fraction of sp³-hybridized carbons (Fsp3) is 0.643. The van der Waals surface area contributed by atoms with Gasteiger partial charge in [0.05, 0.1) is 18.5 Å². The molecule has 0 saturated heterocycles. The summed E-state index contributed by atoms with van der Waals surface area (Å²) in [5, 5.41) is 7.51. The number of rotatable bonds is 7. The first-order valence-corrected chi connectivity index (χ1v) is 13.4. The zero-order valence-corrected chi connectivity index (χ0v) is 20.0. The van der Waals surface area contributed by atoms with Crippen LogP contribution in [0.2, 0.25) is 0 Å². The quantitative estimate of drug-likeness (QED) is 0.635. The summed E-state index contributed by atoms with van der Waals surface area (Å²) in [6.07, 6.45) is 16.0. The number of nitrogens with one attached hydrogen (secondary N) is 1. The minimum absolute atomic E-state index is 0.0791. The Morgan fingerprint density at radius 2 is 1.79 bits per heavy atom. The molecular weight excluding hydrogens is 426 g/mol. The molecule has 34 heavy (non-hydrogen) atoms. The van der Waals surface area contributed by atoms with E-state index in [1.807, 2.05) is 36.5 Å². The van der Waals surface area contributed by atoms with Crippen LogP contribution in [0.3, 0.4) is 0 Å². The first-order chi connectivity index (χ1) is 16.7. The van der Waals surface area contributed by atoms with Gasteiger partial charge in [0.25, 0.3) is 5.91 Å². The molecule has 1 N–H and O–H groups in total.